The van der Waals surface area contributed by atoms with Crippen LogP contribution in [0.1, 0.15) is 5.82 Å². The summed E-state index contributed by atoms with van der Waals surface area (Å²) in [5.41, 5.74) is 6.72. The maximum atomic E-state index is 5.94. The Morgan fingerprint density at radius 3 is 2.63 bits per heavy atom. The zero-order valence-corrected chi connectivity index (χ0v) is 12.0. The molecule has 0 fully saturated rings. The first-order valence-corrected chi connectivity index (χ1v) is 6.24. The summed E-state index contributed by atoms with van der Waals surface area (Å²) in [7, 11) is 8.03. The Balaban J connectivity index is 2.14. The Kier molecular flexibility index (Phi) is 3.96. The molecule has 0 saturated heterocycles. The molecule has 2 aromatic heterocycles. The summed E-state index contributed by atoms with van der Waals surface area (Å²) in [4.78, 5) is 13.2. The molecule has 0 aliphatic heterocycles. The van der Waals surface area contributed by atoms with Crippen LogP contribution in [0.25, 0.3) is 11.0 Å². The zero-order valence-electron chi connectivity index (χ0n) is 12.0. The fourth-order valence-corrected chi connectivity index (χ4v) is 1.85. The van der Waals surface area contributed by atoms with E-state index in [4.69, 9.17) is 5.73 Å². The van der Waals surface area contributed by atoms with Crippen LogP contribution in [-0.4, -0.2) is 63.8 Å². The van der Waals surface area contributed by atoms with Crippen LogP contribution in [0, 0.1) is 0 Å². The van der Waals surface area contributed by atoms with Gasteiger partial charge < -0.3 is 10.6 Å². The summed E-state index contributed by atoms with van der Waals surface area (Å²) in [6.45, 7) is 2.64. The van der Waals surface area contributed by atoms with Crippen molar-refractivity contribution in [1.82, 2.24) is 29.5 Å². The fourth-order valence-electron chi connectivity index (χ4n) is 1.85. The lowest BCUT2D eigenvalue weighted by Crippen LogP contribution is -2.29. The number of nitrogen functional groups attached to an aromatic ring is 1. The van der Waals surface area contributed by atoms with E-state index < -0.39 is 0 Å². The molecule has 0 spiro atoms. The van der Waals surface area contributed by atoms with Crippen molar-refractivity contribution in [2.24, 2.45) is 7.05 Å². The molecule has 0 atom stereocenters. The minimum absolute atomic E-state index is 0.495. The maximum Gasteiger partial charge on any atom is 0.163 e. The van der Waals surface area contributed by atoms with Gasteiger partial charge in [-0.1, -0.05) is 0 Å². The third kappa shape index (κ3) is 3.18. The van der Waals surface area contributed by atoms with Gasteiger partial charge in [0.05, 0.1) is 18.1 Å². The minimum atomic E-state index is 0.495. The molecule has 2 heterocycles. The Bertz CT molecular complexity index is 560. The molecule has 19 heavy (non-hydrogen) atoms. The molecule has 0 amide bonds. The Hall–Kier alpha value is -1.73. The van der Waals surface area contributed by atoms with Crippen molar-refractivity contribution in [2.75, 3.05) is 40.0 Å². The second kappa shape index (κ2) is 5.50. The van der Waals surface area contributed by atoms with Crippen LogP contribution in [0.5, 0.6) is 0 Å². The monoisotopic (exact) mass is 263 g/mol. The van der Waals surface area contributed by atoms with Crippen LogP contribution in [0.3, 0.4) is 0 Å². The molecule has 0 unspecified atom stereocenters. The first-order chi connectivity index (χ1) is 8.97. The highest BCUT2D eigenvalue weighted by molar-refractivity contribution is 5.84. The molecule has 0 saturated carbocycles. The van der Waals surface area contributed by atoms with Crippen molar-refractivity contribution < 1.29 is 0 Å². The number of aromatic nitrogens is 4. The highest BCUT2D eigenvalue weighted by Crippen LogP contribution is 2.16. The van der Waals surface area contributed by atoms with Crippen LogP contribution in [-0.2, 0) is 13.6 Å². The highest BCUT2D eigenvalue weighted by atomic mass is 15.3. The molecular weight excluding hydrogens is 242 g/mol. The van der Waals surface area contributed by atoms with Gasteiger partial charge in [-0.15, -0.1) is 0 Å². The molecule has 104 valence electrons. The highest BCUT2D eigenvalue weighted by Gasteiger charge is 2.10. The summed E-state index contributed by atoms with van der Waals surface area (Å²) in [5.74, 6) is 1.23. The smallest absolute Gasteiger partial charge is 0.163 e. The molecule has 7 heteroatoms. The molecule has 0 radical (unpaired) electrons. The number of anilines is 1. The number of fused-ring (bicyclic) bond motifs is 1. The van der Waals surface area contributed by atoms with Gasteiger partial charge in [0.25, 0.3) is 0 Å². The minimum Gasteiger partial charge on any atom is -0.383 e. The van der Waals surface area contributed by atoms with Gasteiger partial charge >= 0.3 is 0 Å². The van der Waals surface area contributed by atoms with E-state index in [0.717, 1.165) is 29.9 Å². The predicted octanol–water partition coefficient (Wildman–Crippen LogP) is -0.0611. The third-order valence-corrected chi connectivity index (χ3v) is 3.01. The standard InChI is InChI=1S/C12H21N7/c1-17(2)5-6-18(3)8-10-15-11(13)9-7-14-19(4)12(9)16-10/h7H,5-6,8H2,1-4H3,(H2,13,15,16). The molecule has 2 rings (SSSR count). The normalized spacial score (nSPS) is 11.9. The first kappa shape index (κ1) is 13.7. The Labute approximate surface area is 113 Å². The SMILES string of the molecule is CN(C)CCN(C)Cc1nc(N)c2cnn(C)c2n1. The quantitative estimate of drug-likeness (QED) is 0.814. The first-order valence-electron chi connectivity index (χ1n) is 6.24. The summed E-state index contributed by atoms with van der Waals surface area (Å²) in [5, 5.41) is 4.96. The number of aryl methyl sites for hydroxylation is 1. The van der Waals surface area contributed by atoms with Gasteiger partial charge in [0.1, 0.15) is 11.6 Å². The summed E-state index contributed by atoms with van der Waals surface area (Å²) in [6, 6.07) is 0. The number of hydrogen-bond donors (Lipinski definition) is 1. The number of nitrogens with two attached hydrogens (primary N) is 1. The van der Waals surface area contributed by atoms with E-state index in [1.807, 2.05) is 7.05 Å². The van der Waals surface area contributed by atoms with E-state index in [9.17, 15) is 0 Å². The van der Waals surface area contributed by atoms with Gasteiger partial charge in [-0.05, 0) is 21.1 Å². The molecule has 0 bridgehead atoms. The second-order valence-electron chi connectivity index (χ2n) is 5.07. The topological polar surface area (TPSA) is 76.1 Å². The summed E-state index contributed by atoms with van der Waals surface area (Å²) in [6.07, 6.45) is 1.70. The van der Waals surface area contributed by atoms with Crippen LogP contribution < -0.4 is 5.73 Å². The molecule has 2 aromatic rings. The van der Waals surface area contributed by atoms with Gasteiger partial charge in [-0.25, -0.2) is 9.97 Å². The van der Waals surface area contributed by atoms with E-state index >= 15 is 0 Å². The van der Waals surface area contributed by atoms with E-state index in [1.54, 1.807) is 10.9 Å². The maximum absolute atomic E-state index is 5.94. The van der Waals surface area contributed by atoms with Crippen LogP contribution >= 0.6 is 0 Å². The largest absolute Gasteiger partial charge is 0.383 e. The summed E-state index contributed by atoms with van der Waals surface area (Å²) >= 11 is 0. The zero-order chi connectivity index (χ0) is 14.0. The van der Waals surface area contributed by atoms with Crippen molar-refractivity contribution in [1.29, 1.82) is 0 Å². The van der Waals surface area contributed by atoms with Crippen molar-refractivity contribution >= 4 is 16.9 Å². The lowest BCUT2D eigenvalue weighted by Gasteiger charge is -2.18. The van der Waals surface area contributed by atoms with Crippen molar-refractivity contribution in [3.63, 3.8) is 0 Å². The fraction of sp³-hybridized carbons (Fsp3) is 0.583. The van der Waals surface area contributed by atoms with Crippen LogP contribution in [0.2, 0.25) is 0 Å². The lowest BCUT2D eigenvalue weighted by molar-refractivity contribution is 0.271. The summed E-state index contributed by atoms with van der Waals surface area (Å²) < 4.78 is 1.72. The molecular formula is C12H21N7. The van der Waals surface area contributed by atoms with Gasteiger partial charge in [0.15, 0.2) is 5.65 Å². The van der Waals surface area contributed by atoms with Gasteiger partial charge in [-0.2, -0.15) is 5.10 Å². The number of likely N-dealkylation sites (N-methyl/N-ethyl adjacent to an activating group) is 2. The van der Waals surface area contributed by atoms with Crippen molar-refractivity contribution in [2.45, 2.75) is 6.54 Å². The van der Waals surface area contributed by atoms with E-state index in [1.165, 1.54) is 0 Å². The molecule has 0 aliphatic rings. The van der Waals surface area contributed by atoms with E-state index in [0.29, 0.717) is 12.4 Å². The number of nitrogens with zero attached hydrogens (tertiary/aromatic N) is 6. The Morgan fingerprint density at radius 1 is 1.21 bits per heavy atom. The Morgan fingerprint density at radius 2 is 1.95 bits per heavy atom. The van der Waals surface area contributed by atoms with E-state index in [-0.39, 0.29) is 0 Å². The number of hydrogen-bond acceptors (Lipinski definition) is 6. The van der Waals surface area contributed by atoms with Crippen molar-refractivity contribution in [3.8, 4) is 0 Å². The molecule has 7 nitrogen and oxygen atoms in total. The average Bonchev–Trinajstić information content (AvgIpc) is 2.69. The lowest BCUT2D eigenvalue weighted by atomic mass is 10.4. The van der Waals surface area contributed by atoms with Crippen LogP contribution in [0.15, 0.2) is 6.20 Å². The predicted molar refractivity (Wildman–Crippen MR) is 75.6 cm³/mol. The molecule has 0 aliphatic carbocycles. The average molecular weight is 263 g/mol. The van der Waals surface area contributed by atoms with Gasteiger partial charge in [0.2, 0.25) is 0 Å². The third-order valence-electron chi connectivity index (χ3n) is 3.01. The van der Waals surface area contributed by atoms with Crippen molar-refractivity contribution in [3.05, 3.63) is 12.0 Å². The van der Waals surface area contributed by atoms with Gasteiger partial charge in [-0.3, -0.25) is 9.58 Å². The number of rotatable bonds is 5. The molecule has 0 aromatic carbocycles. The second-order valence-corrected chi connectivity index (χ2v) is 5.07. The van der Waals surface area contributed by atoms with Gasteiger partial charge in [0, 0.05) is 20.1 Å². The van der Waals surface area contributed by atoms with E-state index in [2.05, 4.69) is 46.0 Å². The van der Waals surface area contributed by atoms with Crippen LogP contribution in [0.4, 0.5) is 5.82 Å². The molecule has 2 N–H and O–H groups in total.